The number of likely N-dealkylation sites (N-methyl/N-ethyl adjacent to an activating group) is 1. The molecule has 1 heterocycles. The monoisotopic (exact) mass is 374 g/mol. The largest absolute Gasteiger partial charge is 0.369 e. The molecule has 1 atom stereocenters. The van der Waals surface area contributed by atoms with Crippen LogP contribution in [0, 0.1) is 0 Å². The summed E-state index contributed by atoms with van der Waals surface area (Å²) in [6, 6.07) is 12.2. The van der Waals surface area contributed by atoms with Crippen LogP contribution in [0.2, 0.25) is 10.0 Å². The molecule has 1 fully saturated rings. The molecule has 2 N–H and O–H groups in total. The number of nitrogens with two attached hydrogens (primary N) is 1. The molecule has 1 amide bonds. The number of halogens is 2. The zero-order valence-corrected chi connectivity index (χ0v) is 15.6. The second-order valence-electron chi connectivity index (χ2n) is 7.27. The lowest BCUT2D eigenvalue weighted by Gasteiger charge is -2.33. The molecule has 130 valence electrons. The first-order chi connectivity index (χ1) is 11.9. The van der Waals surface area contributed by atoms with E-state index in [9.17, 15) is 4.79 Å². The lowest BCUT2D eigenvalue weighted by molar-refractivity contribution is -0.120. The lowest BCUT2D eigenvalue weighted by Crippen LogP contribution is -2.31. The Labute approximate surface area is 157 Å². The van der Waals surface area contributed by atoms with Crippen LogP contribution in [-0.4, -0.2) is 24.4 Å². The van der Waals surface area contributed by atoms with E-state index in [1.807, 2.05) is 24.3 Å². The first-order valence-corrected chi connectivity index (χ1v) is 9.23. The number of hydrogen-bond acceptors (Lipinski definition) is 2. The van der Waals surface area contributed by atoms with Crippen molar-refractivity contribution >= 4 is 29.1 Å². The number of primary amides is 1. The van der Waals surface area contributed by atoms with Crippen molar-refractivity contribution in [1.82, 2.24) is 4.90 Å². The van der Waals surface area contributed by atoms with Crippen molar-refractivity contribution in [2.24, 2.45) is 5.73 Å². The molecule has 2 aliphatic rings. The van der Waals surface area contributed by atoms with Crippen molar-refractivity contribution in [2.75, 3.05) is 13.6 Å². The third-order valence-corrected chi connectivity index (χ3v) is 6.14. The standard InChI is InChI=1S/C20H20Cl2N2O/c1-24-10-16(15-8-14(21)9-18(22)17(15)11-24)12-2-4-13(5-3-12)20(6-7-20)19(23)25/h2-5,8-9,16H,6-7,10-11H2,1H3,(H2,23,25). The summed E-state index contributed by atoms with van der Waals surface area (Å²) in [5.74, 6) is -0.00992. The Morgan fingerprint density at radius 3 is 2.48 bits per heavy atom. The maximum atomic E-state index is 11.7. The minimum Gasteiger partial charge on any atom is -0.369 e. The van der Waals surface area contributed by atoms with E-state index >= 15 is 0 Å². The molecule has 4 rings (SSSR count). The molecule has 0 saturated heterocycles. The third-order valence-electron chi connectivity index (χ3n) is 5.58. The highest BCUT2D eigenvalue weighted by atomic mass is 35.5. The number of benzene rings is 2. The van der Waals surface area contributed by atoms with Crippen LogP contribution in [0.25, 0.3) is 0 Å². The molecule has 25 heavy (non-hydrogen) atoms. The Morgan fingerprint density at radius 1 is 1.20 bits per heavy atom. The zero-order valence-electron chi connectivity index (χ0n) is 14.1. The van der Waals surface area contributed by atoms with Crippen LogP contribution in [0.5, 0.6) is 0 Å². The highest BCUT2D eigenvalue weighted by Gasteiger charge is 2.49. The molecule has 1 saturated carbocycles. The van der Waals surface area contributed by atoms with Gasteiger partial charge in [0.25, 0.3) is 0 Å². The number of carbonyl (C=O) groups excluding carboxylic acids is 1. The van der Waals surface area contributed by atoms with E-state index in [1.54, 1.807) is 0 Å². The first-order valence-electron chi connectivity index (χ1n) is 8.47. The van der Waals surface area contributed by atoms with E-state index < -0.39 is 5.41 Å². The number of hydrogen-bond donors (Lipinski definition) is 1. The minimum atomic E-state index is -0.438. The maximum absolute atomic E-state index is 11.7. The van der Waals surface area contributed by atoms with Crippen molar-refractivity contribution in [1.29, 1.82) is 0 Å². The summed E-state index contributed by atoms with van der Waals surface area (Å²) in [7, 11) is 2.10. The van der Waals surface area contributed by atoms with E-state index in [0.717, 1.165) is 42.1 Å². The number of fused-ring (bicyclic) bond motifs is 1. The molecule has 2 aromatic rings. The summed E-state index contributed by atoms with van der Waals surface area (Å²) in [4.78, 5) is 14.0. The number of amides is 1. The van der Waals surface area contributed by atoms with Crippen LogP contribution in [0.4, 0.5) is 0 Å². The summed E-state index contributed by atoms with van der Waals surface area (Å²) < 4.78 is 0. The molecular weight excluding hydrogens is 355 g/mol. The SMILES string of the molecule is CN1Cc2c(Cl)cc(Cl)cc2C(c2ccc(C3(C(N)=O)CC3)cc2)C1. The third kappa shape index (κ3) is 2.84. The molecule has 5 heteroatoms. The molecule has 0 aromatic heterocycles. The van der Waals surface area contributed by atoms with Crippen LogP contribution in [0.3, 0.4) is 0 Å². The second-order valence-corrected chi connectivity index (χ2v) is 8.12. The van der Waals surface area contributed by atoms with Gasteiger partial charge in [0.1, 0.15) is 0 Å². The van der Waals surface area contributed by atoms with Gasteiger partial charge in [-0.2, -0.15) is 0 Å². The van der Waals surface area contributed by atoms with Gasteiger partial charge in [-0.3, -0.25) is 4.79 Å². The van der Waals surface area contributed by atoms with E-state index in [0.29, 0.717) is 5.02 Å². The average Bonchev–Trinajstić information content (AvgIpc) is 3.37. The van der Waals surface area contributed by atoms with Gasteiger partial charge >= 0.3 is 0 Å². The zero-order chi connectivity index (χ0) is 17.8. The minimum absolute atomic E-state index is 0.211. The average molecular weight is 375 g/mol. The number of carbonyl (C=O) groups is 1. The highest BCUT2D eigenvalue weighted by Crippen LogP contribution is 2.48. The van der Waals surface area contributed by atoms with Gasteiger partial charge in [-0.1, -0.05) is 47.5 Å². The summed E-state index contributed by atoms with van der Waals surface area (Å²) in [5.41, 5.74) is 9.71. The molecule has 0 radical (unpaired) electrons. The second kappa shape index (κ2) is 6.01. The molecule has 1 unspecified atom stereocenters. The highest BCUT2D eigenvalue weighted by molar-refractivity contribution is 6.35. The fraction of sp³-hybridized carbons (Fsp3) is 0.350. The van der Waals surface area contributed by atoms with Crippen molar-refractivity contribution in [3.05, 3.63) is 68.7 Å². The van der Waals surface area contributed by atoms with Crippen LogP contribution in [0.1, 0.15) is 41.0 Å². The van der Waals surface area contributed by atoms with Crippen molar-refractivity contribution in [3.63, 3.8) is 0 Å². The van der Waals surface area contributed by atoms with E-state index in [2.05, 4.69) is 24.1 Å². The van der Waals surface area contributed by atoms with Gasteiger partial charge in [-0.05, 0) is 54.3 Å². The van der Waals surface area contributed by atoms with Gasteiger partial charge in [0.05, 0.1) is 5.41 Å². The van der Waals surface area contributed by atoms with Gasteiger partial charge in [0.15, 0.2) is 0 Å². The topological polar surface area (TPSA) is 46.3 Å². The molecular formula is C20H20Cl2N2O. The Balaban J connectivity index is 1.72. The summed E-state index contributed by atoms with van der Waals surface area (Å²) in [6.45, 7) is 1.73. The maximum Gasteiger partial charge on any atom is 0.228 e. The summed E-state index contributed by atoms with van der Waals surface area (Å²) in [6.07, 6.45) is 1.70. The van der Waals surface area contributed by atoms with E-state index in [4.69, 9.17) is 28.9 Å². The molecule has 1 aliphatic heterocycles. The molecule has 3 nitrogen and oxygen atoms in total. The van der Waals surface area contributed by atoms with E-state index in [1.165, 1.54) is 11.1 Å². The lowest BCUT2D eigenvalue weighted by atomic mass is 9.83. The fourth-order valence-electron chi connectivity index (χ4n) is 3.97. The van der Waals surface area contributed by atoms with Crippen molar-refractivity contribution in [2.45, 2.75) is 30.7 Å². The smallest absolute Gasteiger partial charge is 0.228 e. The normalized spacial score (nSPS) is 21.6. The Morgan fingerprint density at radius 2 is 1.88 bits per heavy atom. The van der Waals surface area contributed by atoms with Gasteiger partial charge in [0.2, 0.25) is 5.91 Å². The van der Waals surface area contributed by atoms with Gasteiger partial charge < -0.3 is 10.6 Å². The van der Waals surface area contributed by atoms with E-state index in [-0.39, 0.29) is 11.8 Å². The Hall–Kier alpha value is -1.55. The number of nitrogens with zero attached hydrogens (tertiary/aromatic N) is 1. The van der Waals surface area contributed by atoms with Gasteiger partial charge in [0, 0.05) is 29.1 Å². The van der Waals surface area contributed by atoms with Gasteiger partial charge in [-0.15, -0.1) is 0 Å². The predicted molar refractivity (Wildman–Crippen MR) is 101 cm³/mol. The summed E-state index contributed by atoms with van der Waals surface area (Å²) in [5, 5.41) is 1.39. The Kier molecular flexibility index (Phi) is 4.06. The Bertz CT molecular complexity index is 844. The molecule has 1 aliphatic carbocycles. The molecule has 0 spiro atoms. The molecule has 2 aromatic carbocycles. The van der Waals surface area contributed by atoms with Crippen LogP contribution in [-0.2, 0) is 16.8 Å². The first kappa shape index (κ1) is 16.9. The van der Waals surface area contributed by atoms with Gasteiger partial charge in [-0.25, -0.2) is 0 Å². The van der Waals surface area contributed by atoms with Crippen LogP contribution >= 0.6 is 23.2 Å². The quantitative estimate of drug-likeness (QED) is 0.879. The van der Waals surface area contributed by atoms with Crippen molar-refractivity contribution < 1.29 is 4.79 Å². The fourth-order valence-corrected chi connectivity index (χ4v) is 4.54. The molecule has 0 bridgehead atoms. The summed E-state index contributed by atoms with van der Waals surface area (Å²) >= 11 is 12.7. The van der Waals surface area contributed by atoms with Crippen molar-refractivity contribution in [3.8, 4) is 0 Å². The van der Waals surface area contributed by atoms with Crippen LogP contribution in [0.15, 0.2) is 36.4 Å². The van der Waals surface area contributed by atoms with Crippen LogP contribution < -0.4 is 5.73 Å². The predicted octanol–water partition coefficient (Wildman–Crippen LogP) is 4.09. The number of rotatable bonds is 3.